The normalized spacial score (nSPS) is 17.7. The molecule has 1 fully saturated rings. The molecule has 2 aromatic carbocycles. The van der Waals surface area contributed by atoms with Crippen molar-refractivity contribution in [1.82, 2.24) is 8.87 Å². The number of benzene rings is 2. The van der Waals surface area contributed by atoms with Crippen LogP contribution in [0.15, 0.2) is 52.4 Å². The third kappa shape index (κ3) is 4.96. The Bertz CT molecular complexity index is 1410. The minimum absolute atomic E-state index is 0.122. The van der Waals surface area contributed by atoms with Crippen molar-refractivity contribution in [3.63, 3.8) is 0 Å². The summed E-state index contributed by atoms with van der Waals surface area (Å²) in [6.45, 7) is 2.79. The van der Waals surface area contributed by atoms with Crippen molar-refractivity contribution < 1.29 is 27.1 Å². The number of sulfonamides is 1. The topological polar surface area (TPSA) is 98.0 Å². The number of thiazole rings is 1. The van der Waals surface area contributed by atoms with Gasteiger partial charge in [0.2, 0.25) is 10.0 Å². The molecule has 11 heteroatoms. The molecule has 1 unspecified atom stereocenters. The maximum atomic E-state index is 13.7. The lowest BCUT2D eigenvalue weighted by Gasteiger charge is -2.30. The molecule has 2 heterocycles. The number of aromatic nitrogens is 1. The molecule has 0 bridgehead atoms. The van der Waals surface area contributed by atoms with Crippen LogP contribution in [0.2, 0.25) is 0 Å². The quantitative estimate of drug-likeness (QED) is 0.496. The number of esters is 1. The Labute approximate surface area is 200 Å². The number of carbonyl (C=O) groups excluding carboxylic acids is 2. The summed E-state index contributed by atoms with van der Waals surface area (Å²) in [4.78, 5) is 29.2. The Morgan fingerprint density at radius 1 is 1.21 bits per heavy atom. The number of fused-ring (bicyclic) bond motifs is 1. The molecule has 180 valence electrons. The van der Waals surface area contributed by atoms with Gasteiger partial charge in [0.25, 0.3) is 5.91 Å². The molecule has 1 aromatic heterocycles. The van der Waals surface area contributed by atoms with Crippen LogP contribution in [-0.2, 0) is 26.1 Å². The van der Waals surface area contributed by atoms with E-state index in [9.17, 15) is 22.4 Å². The molecule has 0 radical (unpaired) electrons. The van der Waals surface area contributed by atoms with Gasteiger partial charge in [-0.2, -0.15) is 9.30 Å². The van der Waals surface area contributed by atoms with Crippen LogP contribution in [0, 0.1) is 11.7 Å². The van der Waals surface area contributed by atoms with Gasteiger partial charge in [0, 0.05) is 18.7 Å². The van der Waals surface area contributed by atoms with E-state index in [1.54, 1.807) is 0 Å². The standard InChI is InChI=1S/C23H24FN3O5S2/c1-15-4-3-11-26(13-15)34(30,31)18-8-5-16(6-9-18)22(29)25-23-27(14-21(28)32-2)19-10-7-17(24)12-20(19)33-23/h5-10,12,15H,3-4,11,13-14H2,1-2H3. The van der Waals surface area contributed by atoms with Gasteiger partial charge in [-0.15, -0.1) is 0 Å². The summed E-state index contributed by atoms with van der Waals surface area (Å²) in [5.41, 5.74) is 0.736. The van der Waals surface area contributed by atoms with Crippen molar-refractivity contribution in [1.29, 1.82) is 0 Å². The van der Waals surface area contributed by atoms with E-state index in [4.69, 9.17) is 4.74 Å². The van der Waals surface area contributed by atoms with Gasteiger partial charge in [-0.25, -0.2) is 12.8 Å². The lowest BCUT2D eigenvalue weighted by atomic mass is 10.0. The molecular weight excluding hydrogens is 481 g/mol. The molecule has 0 N–H and O–H groups in total. The predicted molar refractivity (Wildman–Crippen MR) is 125 cm³/mol. The second-order valence-corrected chi connectivity index (χ2v) is 11.2. The number of hydrogen-bond donors (Lipinski definition) is 0. The maximum absolute atomic E-state index is 13.7. The first-order valence-electron chi connectivity index (χ1n) is 10.7. The number of rotatable bonds is 5. The van der Waals surface area contributed by atoms with Gasteiger partial charge in [0.05, 0.1) is 22.2 Å². The Morgan fingerprint density at radius 3 is 2.62 bits per heavy atom. The molecule has 1 atom stereocenters. The Hall–Kier alpha value is -2.89. The fraction of sp³-hybridized carbons (Fsp3) is 0.348. The van der Waals surface area contributed by atoms with Crippen molar-refractivity contribution in [2.75, 3.05) is 20.2 Å². The zero-order valence-electron chi connectivity index (χ0n) is 18.7. The molecule has 3 aromatic rings. The van der Waals surface area contributed by atoms with E-state index in [1.165, 1.54) is 58.4 Å². The van der Waals surface area contributed by atoms with Crippen LogP contribution < -0.4 is 4.80 Å². The molecule has 0 saturated carbocycles. The summed E-state index contributed by atoms with van der Waals surface area (Å²) in [6, 6.07) is 9.72. The van der Waals surface area contributed by atoms with Crippen LogP contribution in [0.5, 0.6) is 0 Å². The van der Waals surface area contributed by atoms with Gasteiger partial charge in [-0.3, -0.25) is 9.59 Å². The highest BCUT2D eigenvalue weighted by molar-refractivity contribution is 7.89. The minimum atomic E-state index is -3.64. The second-order valence-electron chi connectivity index (χ2n) is 8.21. The number of hydrogen-bond acceptors (Lipinski definition) is 6. The molecule has 0 spiro atoms. The molecule has 1 aliphatic rings. The molecule has 1 aliphatic heterocycles. The third-order valence-electron chi connectivity index (χ3n) is 5.72. The summed E-state index contributed by atoms with van der Waals surface area (Å²) in [7, 11) is -2.39. The van der Waals surface area contributed by atoms with Crippen LogP contribution >= 0.6 is 11.3 Å². The van der Waals surface area contributed by atoms with Crippen molar-refractivity contribution in [2.45, 2.75) is 31.2 Å². The number of halogens is 1. The molecule has 1 amide bonds. The highest BCUT2D eigenvalue weighted by Crippen LogP contribution is 2.24. The Morgan fingerprint density at radius 2 is 1.94 bits per heavy atom. The van der Waals surface area contributed by atoms with E-state index in [0.29, 0.717) is 29.2 Å². The van der Waals surface area contributed by atoms with Gasteiger partial charge < -0.3 is 9.30 Å². The number of ether oxygens (including phenoxy) is 1. The number of nitrogens with zero attached hydrogens (tertiary/aromatic N) is 3. The first kappa shape index (κ1) is 24.2. The summed E-state index contributed by atoms with van der Waals surface area (Å²) in [5.74, 6) is -1.30. The average molecular weight is 506 g/mol. The van der Waals surface area contributed by atoms with E-state index < -0.39 is 27.7 Å². The van der Waals surface area contributed by atoms with E-state index in [2.05, 4.69) is 4.99 Å². The largest absolute Gasteiger partial charge is 0.468 e. The fourth-order valence-electron chi connectivity index (χ4n) is 3.91. The zero-order valence-corrected chi connectivity index (χ0v) is 20.4. The number of amides is 1. The molecule has 8 nitrogen and oxygen atoms in total. The smallest absolute Gasteiger partial charge is 0.325 e. The minimum Gasteiger partial charge on any atom is -0.468 e. The van der Waals surface area contributed by atoms with E-state index in [0.717, 1.165) is 24.2 Å². The molecule has 0 aliphatic carbocycles. The lowest BCUT2D eigenvalue weighted by Crippen LogP contribution is -2.39. The predicted octanol–water partition coefficient (Wildman–Crippen LogP) is 3.18. The van der Waals surface area contributed by atoms with Gasteiger partial charge in [-0.05, 0) is 61.2 Å². The molecular formula is C23H24FN3O5S2. The number of methoxy groups -OCH3 is 1. The SMILES string of the molecule is COC(=O)Cn1c(=NC(=O)c2ccc(S(=O)(=O)N3CCCC(C)C3)cc2)sc2cc(F)ccc21. The van der Waals surface area contributed by atoms with Crippen molar-refractivity contribution in [3.05, 3.63) is 58.6 Å². The van der Waals surface area contributed by atoms with Crippen LogP contribution in [-0.4, -0.2) is 49.4 Å². The van der Waals surface area contributed by atoms with E-state index >= 15 is 0 Å². The molecule has 34 heavy (non-hydrogen) atoms. The van der Waals surface area contributed by atoms with Crippen LogP contribution in [0.1, 0.15) is 30.1 Å². The summed E-state index contributed by atoms with van der Waals surface area (Å²) >= 11 is 1.07. The van der Waals surface area contributed by atoms with Crippen molar-refractivity contribution in [3.8, 4) is 0 Å². The summed E-state index contributed by atoms with van der Waals surface area (Å²) in [5, 5.41) is 0. The average Bonchev–Trinajstić information content (AvgIpc) is 3.14. The van der Waals surface area contributed by atoms with E-state index in [-0.39, 0.29) is 21.8 Å². The Balaban J connectivity index is 1.65. The van der Waals surface area contributed by atoms with Gasteiger partial charge in [0.15, 0.2) is 4.80 Å². The second kappa shape index (κ2) is 9.77. The lowest BCUT2D eigenvalue weighted by molar-refractivity contribution is -0.141. The number of piperidine rings is 1. The van der Waals surface area contributed by atoms with Crippen LogP contribution in [0.25, 0.3) is 10.2 Å². The maximum Gasteiger partial charge on any atom is 0.325 e. The van der Waals surface area contributed by atoms with Gasteiger partial charge in [-0.1, -0.05) is 18.3 Å². The highest BCUT2D eigenvalue weighted by Gasteiger charge is 2.28. The summed E-state index contributed by atoms with van der Waals surface area (Å²) in [6.07, 6.45) is 1.82. The van der Waals surface area contributed by atoms with Crippen molar-refractivity contribution in [2.24, 2.45) is 10.9 Å². The first-order valence-corrected chi connectivity index (χ1v) is 13.0. The highest BCUT2D eigenvalue weighted by atomic mass is 32.2. The Kier molecular flexibility index (Phi) is 6.96. The van der Waals surface area contributed by atoms with Crippen LogP contribution in [0.4, 0.5) is 4.39 Å². The van der Waals surface area contributed by atoms with E-state index in [1.807, 2.05) is 6.92 Å². The zero-order chi connectivity index (χ0) is 24.5. The molecule has 4 rings (SSSR count). The number of carbonyl (C=O) groups is 2. The van der Waals surface area contributed by atoms with Gasteiger partial charge >= 0.3 is 5.97 Å². The third-order valence-corrected chi connectivity index (χ3v) is 8.64. The van der Waals surface area contributed by atoms with Crippen molar-refractivity contribution >= 4 is 43.5 Å². The molecule has 1 saturated heterocycles. The van der Waals surface area contributed by atoms with Gasteiger partial charge in [0.1, 0.15) is 12.4 Å². The summed E-state index contributed by atoms with van der Waals surface area (Å²) < 4.78 is 47.8. The first-order chi connectivity index (χ1) is 16.2. The monoisotopic (exact) mass is 505 g/mol. The fourth-order valence-corrected chi connectivity index (χ4v) is 6.56. The van der Waals surface area contributed by atoms with Crippen LogP contribution in [0.3, 0.4) is 0 Å².